The third kappa shape index (κ3) is 3.41. The molecule has 106 valence electrons. The van der Waals surface area contributed by atoms with Crippen molar-refractivity contribution in [2.24, 2.45) is 0 Å². The van der Waals surface area contributed by atoms with E-state index in [4.69, 9.17) is 39.9 Å². The molecule has 1 aromatic heterocycles. The fraction of sp³-hybridized carbons (Fsp3) is 0.167. The maximum Gasteiger partial charge on any atom is 0.313 e. The predicted molar refractivity (Wildman–Crippen MR) is 81.7 cm³/mol. The van der Waals surface area contributed by atoms with Gasteiger partial charge in [-0.05, 0) is 19.1 Å². The van der Waals surface area contributed by atoms with Gasteiger partial charge in [0.2, 0.25) is 0 Å². The monoisotopic (exact) mass is 350 g/mol. The number of aromatic nitrogens is 2. The van der Waals surface area contributed by atoms with Gasteiger partial charge in [-0.2, -0.15) is 0 Å². The lowest BCUT2D eigenvalue weighted by Crippen LogP contribution is -2.01. The van der Waals surface area contributed by atoms with Crippen molar-refractivity contribution >= 4 is 52.5 Å². The molecule has 0 spiro atoms. The van der Waals surface area contributed by atoms with Crippen LogP contribution in [-0.2, 0) is 4.79 Å². The van der Waals surface area contributed by atoms with E-state index in [9.17, 15) is 4.79 Å². The van der Waals surface area contributed by atoms with Crippen molar-refractivity contribution in [1.29, 1.82) is 0 Å². The van der Waals surface area contributed by atoms with Crippen LogP contribution < -0.4 is 0 Å². The van der Waals surface area contributed by atoms with Gasteiger partial charge in [0.15, 0.2) is 5.16 Å². The van der Waals surface area contributed by atoms with Gasteiger partial charge in [0.1, 0.15) is 0 Å². The molecule has 8 heteroatoms. The molecule has 0 aliphatic carbocycles. The Labute approximate surface area is 134 Å². The number of carboxylic acids is 1. The molecule has 2 rings (SSSR count). The average molecular weight is 352 g/mol. The minimum absolute atomic E-state index is 0.0879. The number of hydrogen-bond acceptors (Lipinski definition) is 3. The van der Waals surface area contributed by atoms with Crippen LogP contribution in [0.25, 0.3) is 5.69 Å². The van der Waals surface area contributed by atoms with Gasteiger partial charge in [-0.25, -0.2) is 4.98 Å². The van der Waals surface area contributed by atoms with Crippen molar-refractivity contribution < 1.29 is 9.90 Å². The second kappa shape index (κ2) is 6.26. The number of rotatable bonds is 4. The first-order valence-electron chi connectivity index (χ1n) is 5.44. The van der Waals surface area contributed by atoms with E-state index in [0.29, 0.717) is 25.9 Å². The lowest BCUT2D eigenvalue weighted by Gasteiger charge is -2.10. The number of carbonyl (C=O) groups is 1. The third-order valence-electron chi connectivity index (χ3n) is 2.37. The highest BCUT2D eigenvalue weighted by atomic mass is 35.5. The molecular formula is C12H9Cl3N2O2S. The average Bonchev–Trinajstić information content (AvgIpc) is 2.72. The molecule has 20 heavy (non-hydrogen) atoms. The molecule has 0 saturated heterocycles. The quantitative estimate of drug-likeness (QED) is 0.658. The maximum absolute atomic E-state index is 10.7. The Kier molecular flexibility index (Phi) is 4.86. The van der Waals surface area contributed by atoms with E-state index in [1.54, 1.807) is 22.9 Å². The van der Waals surface area contributed by atoms with Crippen LogP contribution in [0.5, 0.6) is 0 Å². The summed E-state index contributed by atoms with van der Waals surface area (Å²) in [7, 11) is 0. The third-order valence-corrected chi connectivity index (χ3v) is 4.33. The first-order chi connectivity index (χ1) is 9.38. The highest BCUT2D eigenvalue weighted by Gasteiger charge is 2.14. The van der Waals surface area contributed by atoms with Crippen molar-refractivity contribution in [2.75, 3.05) is 5.75 Å². The first-order valence-corrected chi connectivity index (χ1v) is 7.56. The molecule has 1 heterocycles. The Morgan fingerprint density at radius 2 is 1.95 bits per heavy atom. The summed E-state index contributed by atoms with van der Waals surface area (Å²) >= 11 is 19.2. The lowest BCUT2D eigenvalue weighted by molar-refractivity contribution is -0.133. The summed E-state index contributed by atoms with van der Waals surface area (Å²) in [5.41, 5.74) is 1.36. The van der Waals surface area contributed by atoms with Crippen LogP contribution in [0.3, 0.4) is 0 Å². The summed E-state index contributed by atoms with van der Waals surface area (Å²) < 4.78 is 1.70. The molecule has 0 unspecified atom stereocenters. The van der Waals surface area contributed by atoms with Crippen LogP contribution in [0.4, 0.5) is 0 Å². The van der Waals surface area contributed by atoms with Gasteiger partial charge in [0.05, 0.1) is 32.2 Å². The fourth-order valence-corrected chi connectivity index (χ4v) is 2.96. The zero-order valence-electron chi connectivity index (χ0n) is 10.2. The minimum atomic E-state index is -0.914. The number of aliphatic carboxylic acids is 1. The van der Waals surface area contributed by atoms with Gasteiger partial charge in [-0.15, -0.1) is 0 Å². The predicted octanol–water partition coefficient (Wildman–Crippen LogP) is 4.32. The molecule has 2 aromatic rings. The molecule has 0 saturated carbocycles. The van der Waals surface area contributed by atoms with E-state index >= 15 is 0 Å². The van der Waals surface area contributed by atoms with E-state index in [2.05, 4.69) is 4.98 Å². The molecule has 0 aliphatic rings. The number of hydrogen-bond donors (Lipinski definition) is 1. The van der Waals surface area contributed by atoms with E-state index in [1.165, 1.54) is 0 Å². The molecule has 1 N–H and O–H groups in total. The van der Waals surface area contributed by atoms with Crippen molar-refractivity contribution in [3.63, 3.8) is 0 Å². The van der Waals surface area contributed by atoms with Crippen molar-refractivity contribution in [2.45, 2.75) is 12.1 Å². The summed E-state index contributed by atoms with van der Waals surface area (Å²) in [5.74, 6) is -1.00. The summed E-state index contributed by atoms with van der Waals surface area (Å²) in [4.78, 5) is 15.0. The smallest absolute Gasteiger partial charge is 0.313 e. The first kappa shape index (κ1) is 15.5. The normalized spacial score (nSPS) is 10.8. The van der Waals surface area contributed by atoms with Gasteiger partial charge in [-0.3, -0.25) is 9.36 Å². The van der Waals surface area contributed by atoms with Crippen LogP contribution in [0.15, 0.2) is 23.5 Å². The van der Waals surface area contributed by atoms with Gasteiger partial charge in [-0.1, -0.05) is 46.6 Å². The molecule has 0 atom stereocenters. The molecule has 1 aromatic carbocycles. The van der Waals surface area contributed by atoms with Gasteiger partial charge >= 0.3 is 5.97 Å². The molecular weight excluding hydrogens is 343 g/mol. The molecule has 0 amide bonds. The summed E-state index contributed by atoms with van der Waals surface area (Å²) in [6.07, 6.45) is 1.76. The second-order valence-electron chi connectivity index (χ2n) is 3.94. The SMILES string of the molecule is Cc1cn(-c2cc(Cl)c(Cl)cc2Cl)c(SCC(=O)O)n1. The topological polar surface area (TPSA) is 55.1 Å². The molecule has 4 nitrogen and oxygen atoms in total. The van der Waals surface area contributed by atoms with E-state index in [0.717, 1.165) is 17.5 Å². The van der Waals surface area contributed by atoms with Gasteiger partial charge < -0.3 is 5.11 Å². The zero-order valence-corrected chi connectivity index (χ0v) is 13.3. The molecule has 0 radical (unpaired) electrons. The van der Waals surface area contributed by atoms with Crippen LogP contribution in [-0.4, -0.2) is 26.4 Å². The lowest BCUT2D eigenvalue weighted by atomic mass is 10.3. The highest BCUT2D eigenvalue weighted by Crippen LogP contribution is 2.33. The maximum atomic E-state index is 10.7. The van der Waals surface area contributed by atoms with E-state index in [1.807, 2.05) is 6.92 Å². The number of imidazole rings is 1. The van der Waals surface area contributed by atoms with Crippen LogP contribution in [0.1, 0.15) is 5.69 Å². The summed E-state index contributed by atoms with van der Waals surface area (Å²) in [6.45, 7) is 1.81. The number of thioether (sulfide) groups is 1. The fourth-order valence-electron chi connectivity index (χ4n) is 1.57. The zero-order chi connectivity index (χ0) is 14.9. The Bertz CT molecular complexity index is 673. The number of nitrogens with zero attached hydrogens (tertiary/aromatic N) is 2. The van der Waals surface area contributed by atoms with Crippen LogP contribution in [0, 0.1) is 6.92 Å². The number of halogens is 3. The number of aryl methyl sites for hydroxylation is 1. The van der Waals surface area contributed by atoms with Crippen molar-refractivity contribution in [3.05, 3.63) is 39.1 Å². The molecule has 0 aliphatic heterocycles. The van der Waals surface area contributed by atoms with Crippen molar-refractivity contribution in [3.8, 4) is 5.69 Å². The minimum Gasteiger partial charge on any atom is -0.481 e. The summed E-state index contributed by atoms with van der Waals surface area (Å²) in [6, 6.07) is 3.17. The molecule has 0 fully saturated rings. The van der Waals surface area contributed by atoms with Crippen molar-refractivity contribution in [1.82, 2.24) is 9.55 Å². The Balaban J connectivity index is 2.47. The Morgan fingerprint density at radius 1 is 1.30 bits per heavy atom. The van der Waals surface area contributed by atoms with Gasteiger partial charge in [0, 0.05) is 6.20 Å². The van der Waals surface area contributed by atoms with Crippen LogP contribution >= 0.6 is 46.6 Å². The van der Waals surface area contributed by atoms with E-state index in [-0.39, 0.29) is 5.75 Å². The standard InChI is InChI=1S/C12H9Cl3N2O2S/c1-6-4-17(12(16-6)20-5-11(18)19)10-3-8(14)7(13)2-9(10)15/h2-4H,5H2,1H3,(H,18,19). The van der Waals surface area contributed by atoms with Crippen LogP contribution in [0.2, 0.25) is 15.1 Å². The molecule has 0 bridgehead atoms. The summed E-state index contributed by atoms with van der Waals surface area (Å²) in [5, 5.41) is 10.4. The second-order valence-corrected chi connectivity index (χ2v) is 6.10. The largest absolute Gasteiger partial charge is 0.481 e. The number of carboxylic acid groups (broad SMARTS) is 1. The highest BCUT2D eigenvalue weighted by molar-refractivity contribution is 7.99. The van der Waals surface area contributed by atoms with Gasteiger partial charge in [0.25, 0.3) is 0 Å². The Morgan fingerprint density at radius 3 is 2.60 bits per heavy atom. The van der Waals surface area contributed by atoms with E-state index < -0.39 is 5.97 Å². The Hall–Kier alpha value is -0.880. The number of benzene rings is 1.